The molecule has 1 aliphatic rings. The predicted octanol–water partition coefficient (Wildman–Crippen LogP) is 2.76. The highest BCUT2D eigenvalue weighted by Gasteiger charge is 2.24. The summed E-state index contributed by atoms with van der Waals surface area (Å²) < 4.78 is 5.44. The van der Waals surface area contributed by atoms with Gasteiger partial charge in [-0.1, -0.05) is 6.92 Å². The van der Waals surface area contributed by atoms with Crippen molar-refractivity contribution in [2.24, 2.45) is 4.99 Å². The number of hydrogen-bond acceptors (Lipinski definition) is 3. The Morgan fingerprint density at radius 3 is 2.25 bits per heavy atom. The fourth-order valence-corrected chi connectivity index (χ4v) is 2.30. The van der Waals surface area contributed by atoms with E-state index in [1.165, 1.54) is 0 Å². The Kier molecular flexibility index (Phi) is 6.30. The van der Waals surface area contributed by atoms with E-state index in [0.717, 1.165) is 44.9 Å². The number of carbonyl (C=O) groups is 1. The van der Waals surface area contributed by atoms with Crippen LogP contribution in [0, 0.1) is 0 Å². The van der Waals surface area contributed by atoms with Crippen LogP contribution >= 0.6 is 0 Å². The molecule has 116 valence electrons. The molecule has 0 bridgehead atoms. The van der Waals surface area contributed by atoms with Crippen molar-refractivity contribution in [2.45, 2.75) is 53.1 Å². The average Bonchev–Trinajstić information content (AvgIpc) is 2.59. The van der Waals surface area contributed by atoms with Crippen LogP contribution in [0.25, 0.3) is 0 Å². The van der Waals surface area contributed by atoms with Crippen molar-refractivity contribution in [3.63, 3.8) is 0 Å². The lowest BCUT2D eigenvalue weighted by Crippen LogP contribution is -2.40. The van der Waals surface area contributed by atoms with Gasteiger partial charge in [0.15, 0.2) is 0 Å². The summed E-state index contributed by atoms with van der Waals surface area (Å²) >= 11 is 0. The molecule has 1 saturated heterocycles. The van der Waals surface area contributed by atoms with Crippen molar-refractivity contribution >= 4 is 11.9 Å². The minimum Gasteiger partial charge on any atom is -0.444 e. The zero-order valence-corrected chi connectivity index (χ0v) is 13.6. The third kappa shape index (κ3) is 5.39. The Balaban J connectivity index is 2.59. The molecule has 0 aromatic carbocycles. The van der Waals surface area contributed by atoms with E-state index in [0.29, 0.717) is 6.54 Å². The van der Waals surface area contributed by atoms with E-state index in [4.69, 9.17) is 4.74 Å². The third-order valence-electron chi connectivity index (χ3n) is 3.17. The molecule has 5 nitrogen and oxygen atoms in total. The van der Waals surface area contributed by atoms with Gasteiger partial charge in [0.1, 0.15) is 5.60 Å². The Labute approximate surface area is 123 Å². The lowest BCUT2D eigenvalue weighted by Gasteiger charge is -2.27. The van der Waals surface area contributed by atoms with Gasteiger partial charge in [-0.25, -0.2) is 4.79 Å². The fraction of sp³-hybridized carbons (Fsp3) is 0.867. The first-order valence-electron chi connectivity index (χ1n) is 7.63. The van der Waals surface area contributed by atoms with E-state index >= 15 is 0 Å². The molecule has 20 heavy (non-hydrogen) atoms. The Hall–Kier alpha value is -1.26. The number of nitrogens with zero attached hydrogens (tertiary/aromatic N) is 3. The van der Waals surface area contributed by atoms with Gasteiger partial charge in [-0.05, 0) is 34.1 Å². The fourth-order valence-electron chi connectivity index (χ4n) is 2.30. The topological polar surface area (TPSA) is 45.1 Å². The van der Waals surface area contributed by atoms with Crippen LogP contribution in [-0.4, -0.2) is 60.1 Å². The van der Waals surface area contributed by atoms with Gasteiger partial charge in [0, 0.05) is 39.1 Å². The SMILES string of the molecule is CC/N=C(\CC)N1CCCN(C(=O)OC(C)(C)C)CC1. The highest BCUT2D eigenvalue weighted by molar-refractivity contribution is 5.82. The summed E-state index contributed by atoms with van der Waals surface area (Å²) in [6, 6.07) is 0. The van der Waals surface area contributed by atoms with Gasteiger partial charge in [-0.2, -0.15) is 0 Å². The minimum atomic E-state index is -0.429. The van der Waals surface area contributed by atoms with Crippen LogP contribution < -0.4 is 0 Å². The molecule has 0 aromatic heterocycles. The lowest BCUT2D eigenvalue weighted by molar-refractivity contribution is 0.0260. The molecule has 1 amide bonds. The summed E-state index contributed by atoms with van der Waals surface area (Å²) in [6.45, 7) is 14.0. The average molecular weight is 283 g/mol. The van der Waals surface area contributed by atoms with Gasteiger partial charge in [-0.15, -0.1) is 0 Å². The molecule has 1 rings (SSSR count). The molecule has 0 aliphatic carbocycles. The van der Waals surface area contributed by atoms with Crippen molar-refractivity contribution in [3.05, 3.63) is 0 Å². The summed E-state index contributed by atoms with van der Waals surface area (Å²) in [7, 11) is 0. The monoisotopic (exact) mass is 283 g/mol. The molecule has 1 heterocycles. The number of amidine groups is 1. The van der Waals surface area contributed by atoms with E-state index < -0.39 is 5.60 Å². The molecular weight excluding hydrogens is 254 g/mol. The lowest BCUT2D eigenvalue weighted by atomic mass is 10.2. The molecule has 5 heteroatoms. The first-order valence-corrected chi connectivity index (χ1v) is 7.63. The number of aliphatic imine (C=N–C) groups is 1. The first kappa shape index (κ1) is 16.8. The summed E-state index contributed by atoms with van der Waals surface area (Å²) in [5, 5.41) is 0. The van der Waals surface area contributed by atoms with Crippen LogP contribution in [0.15, 0.2) is 4.99 Å². The number of hydrogen-bond donors (Lipinski definition) is 0. The summed E-state index contributed by atoms with van der Waals surface area (Å²) in [6.07, 6.45) is 1.70. The second-order valence-corrected chi connectivity index (χ2v) is 6.05. The molecule has 0 radical (unpaired) electrons. The highest BCUT2D eigenvalue weighted by Crippen LogP contribution is 2.12. The summed E-state index contributed by atoms with van der Waals surface area (Å²) in [4.78, 5) is 20.7. The van der Waals surface area contributed by atoms with E-state index in [2.05, 4.69) is 23.7 Å². The van der Waals surface area contributed by atoms with E-state index in [9.17, 15) is 4.79 Å². The molecule has 1 fully saturated rings. The van der Waals surface area contributed by atoms with Crippen LogP contribution in [0.5, 0.6) is 0 Å². The maximum Gasteiger partial charge on any atom is 0.410 e. The highest BCUT2D eigenvalue weighted by atomic mass is 16.6. The van der Waals surface area contributed by atoms with Gasteiger partial charge in [-0.3, -0.25) is 4.99 Å². The van der Waals surface area contributed by atoms with Gasteiger partial charge in [0.2, 0.25) is 0 Å². The standard InChI is InChI=1S/C15H29N3O2/c1-6-13(16-7-2)17-9-8-10-18(12-11-17)14(19)20-15(3,4)5/h6-12H2,1-5H3/b16-13+. The normalized spacial score (nSPS) is 17.9. The molecule has 0 saturated carbocycles. The van der Waals surface area contributed by atoms with Crippen LogP contribution in [0.4, 0.5) is 4.79 Å². The van der Waals surface area contributed by atoms with E-state index in [1.807, 2.05) is 25.7 Å². The van der Waals surface area contributed by atoms with Crippen LogP contribution in [0.1, 0.15) is 47.5 Å². The molecular formula is C15H29N3O2. The van der Waals surface area contributed by atoms with Crippen molar-refractivity contribution in [2.75, 3.05) is 32.7 Å². The van der Waals surface area contributed by atoms with Crippen molar-refractivity contribution in [3.8, 4) is 0 Å². The maximum atomic E-state index is 12.1. The van der Waals surface area contributed by atoms with Gasteiger partial charge in [0.05, 0.1) is 5.84 Å². The van der Waals surface area contributed by atoms with E-state index in [-0.39, 0.29) is 6.09 Å². The number of amides is 1. The molecule has 0 spiro atoms. The number of carbonyl (C=O) groups excluding carboxylic acids is 1. The second kappa shape index (κ2) is 7.50. The summed E-state index contributed by atoms with van der Waals surface area (Å²) in [5.74, 6) is 1.15. The Morgan fingerprint density at radius 2 is 1.70 bits per heavy atom. The third-order valence-corrected chi connectivity index (χ3v) is 3.17. The number of rotatable bonds is 2. The zero-order valence-electron chi connectivity index (χ0n) is 13.6. The van der Waals surface area contributed by atoms with Crippen LogP contribution in [0.3, 0.4) is 0 Å². The van der Waals surface area contributed by atoms with Gasteiger partial charge in [0.25, 0.3) is 0 Å². The molecule has 1 aliphatic heterocycles. The summed E-state index contributed by atoms with van der Waals surface area (Å²) in [5.41, 5.74) is -0.429. The largest absolute Gasteiger partial charge is 0.444 e. The smallest absolute Gasteiger partial charge is 0.410 e. The number of ether oxygens (including phenoxy) is 1. The quantitative estimate of drug-likeness (QED) is 0.578. The van der Waals surface area contributed by atoms with Crippen LogP contribution in [-0.2, 0) is 4.74 Å². The second-order valence-electron chi connectivity index (χ2n) is 6.05. The van der Waals surface area contributed by atoms with Gasteiger partial charge >= 0.3 is 6.09 Å². The first-order chi connectivity index (χ1) is 9.37. The van der Waals surface area contributed by atoms with Crippen molar-refractivity contribution < 1.29 is 9.53 Å². The molecule has 0 N–H and O–H groups in total. The molecule has 0 atom stereocenters. The maximum absolute atomic E-state index is 12.1. The minimum absolute atomic E-state index is 0.204. The molecule has 0 aromatic rings. The predicted molar refractivity (Wildman–Crippen MR) is 82.3 cm³/mol. The molecule has 0 unspecified atom stereocenters. The van der Waals surface area contributed by atoms with Crippen molar-refractivity contribution in [1.29, 1.82) is 0 Å². The Morgan fingerprint density at radius 1 is 1.10 bits per heavy atom. The van der Waals surface area contributed by atoms with Gasteiger partial charge < -0.3 is 14.5 Å². The van der Waals surface area contributed by atoms with Crippen LogP contribution in [0.2, 0.25) is 0 Å². The van der Waals surface area contributed by atoms with E-state index in [1.54, 1.807) is 0 Å². The van der Waals surface area contributed by atoms with Crippen molar-refractivity contribution in [1.82, 2.24) is 9.80 Å². The Bertz CT molecular complexity index is 348. The zero-order chi connectivity index (χ0) is 15.2.